The maximum Gasteiger partial charge on any atom is 0.164 e. The van der Waals surface area contributed by atoms with Crippen LogP contribution >= 0.6 is 0 Å². The Morgan fingerprint density at radius 3 is 2.79 bits per heavy atom. The van der Waals surface area contributed by atoms with E-state index < -0.39 is 17.2 Å². The van der Waals surface area contributed by atoms with E-state index in [0.717, 1.165) is 6.54 Å². The fraction of sp³-hybridized carbons (Fsp3) is 0.400. The summed E-state index contributed by atoms with van der Waals surface area (Å²) in [5.74, 6) is -1.08. The van der Waals surface area contributed by atoms with Crippen molar-refractivity contribution >= 4 is 0 Å². The largest absolute Gasteiger partial charge is 0.505 e. The van der Waals surface area contributed by atoms with Gasteiger partial charge in [-0.2, -0.15) is 0 Å². The highest BCUT2D eigenvalue weighted by molar-refractivity contribution is 5.33. The number of hydrogen-bond donors (Lipinski definition) is 3. The normalized spacial score (nSPS) is 26.7. The Bertz CT molecular complexity index is 348. The van der Waals surface area contributed by atoms with E-state index in [2.05, 4.69) is 5.32 Å². The van der Waals surface area contributed by atoms with Gasteiger partial charge in [-0.3, -0.25) is 0 Å². The van der Waals surface area contributed by atoms with Crippen molar-refractivity contribution < 1.29 is 14.6 Å². The van der Waals surface area contributed by atoms with Gasteiger partial charge in [0.2, 0.25) is 0 Å². The van der Waals surface area contributed by atoms with Crippen LogP contribution in [0, 0.1) is 5.82 Å². The number of benzene rings is 1. The predicted octanol–water partition coefficient (Wildman–Crippen LogP) is 0.712. The highest BCUT2D eigenvalue weighted by Gasteiger charge is 2.33. The number of phenolic OH excluding ortho intramolecular Hbond substituents is 1. The van der Waals surface area contributed by atoms with Crippen LogP contribution in [0.25, 0.3) is 0 Å². The molecular weight excluding hydrogens is 185 g/mol. The van der Waals surface area contributed by atoms with Crippen molar-refractivity contribution in [2.75, 3.05) is 13.1 Å². The zero-order chi connectivity index (χ0) is 10.2. The van der Waals surface area contributed by atoms with Crippen molar-refractivity contribution in [3.8, 4) is 5.75 Å². The molecule has 1 aromatic carbocycles. The lowest BCUT2D eigenvalue weighted by Crippen LogP contribution is -2.28. The Balaban J connectivity index is 2.36. The molecular formula is C10H12FNO2. The highest BCUT2D eigenvalue weighted by Crippen LogP contribution is 2.30. The van der Waals surface area contributed by atoms with Gasteiger partial charge in [-0.25, -0.2) is 4.39 Å². The second-order valence-electron chi connectivity index (χ2n) is 3.62. The summed E-state index contributed by atoms with van der Waals surface area (Å²) in [6.07, 6.45) is 0.581. The van der Waals surface area contributed by atoms with E-state index in [1.54, 1.807) is 0 Å². The fourth-order valence-electron chi connectivity index (χ4n) is 1.73. The third-order valence-corrected chi connectivity index (χ3v) is 2.62. The summed E-state index contributed by atoms with van der Waals surface area (Å²) < 4.78 is 12.8. The molecule has 0 saturated carbocycles. The average molecular weight is 197 g/mol. The number of aromatic hydroxyl groups is 1. The van der Waals surface area contributed by atoms with Crippen molar-refractivity contribution in [1.82, 2.24) is 5.32 Å². The van der Waals surface area contributed by atoms with E-state index in [9.17, 15) is 9.50 Å². The van der Waals surface area contributed by atoms with E-state index >= 15 is 0 Å². The molecule has 0 amide bonds. The molecule has 14 heavy (non-hydrogen) atoms. The minimum absolute atomic E-state index is 0.414. The van der Waals surface area contributed by atoms with Gasteiger partial charge in [-0.05, 0) is 30.7 Å². The van der Waals surface area contributed by atoms with Crippen LogP contribution in [-0.2, 0) is 5.60 Å². The first kappa shape index (κ1) is 9.43. The zero-order valence-electron chi connectivity index (χ0n) is 7.63. The molecule has 0 spiro atoms. The van der Waals surface area contributed by atoms with E-state index in [0.29, 0.717) is 18.5 Å². The minimum Gasteiger partial charge on any atom is -0.505 e. The minimum atomic E-state index is -0.967. The Labute approximate surface area is 81.2 Å². The number of aliphatic hydroxyl groups is 1. The van der Waals surface area contributed by atoms with Gasteiger partial charge in [0.1, 0.15) is 5.60 Å². The fourth-order valence-corrected chi connectivity index (χ4v) is 1.73. The molecule has 1 saturated heterocycles. The quantitative estimate of drug-likeness (QED) is 0.621. The molecule has 3 nitrogen and oxygen atoms in total. The van der Waals surface area contributed by atoms with Gasteiger partial charge in [0.25, 0.3) is 0 Å². The number of nitrogens with one attached hydrogen (secondary N) is 1. The number of rotatable bonds is 1. The summed E-state index contributed by atoms with van der Waals surface area (Å²) in [5.41, 5.74) is -0.410. The lowest BCUT2D eigenvalue weighted by Gasteiger charge is -2.21. The highest BCUT2D eigenvalue weighted by atomic mass is 19.1. The summed E-state index contributed by atoms with van der Waals surface area (Å²) in [4.78, 5) is 0. The van der Waals surface area contributed by atoms with Crippen molar-refractivity contribution in [1.29, 1.82) is 0 Å². The smallest absolute Gasteiger partial charge is 0.164 e. The second kappa shape index (κ2) is 3.22. The molecule has 76 valence electrons. The number of β-amino-alcohol motifs (C(OH)–C–C–N with tert-alkyl or cyclic N) is 1. The third-order valence-electron chi connectivity index (χ3n) is 2.62. The maximum atomic E-state index is 12.8. The van der Waals surface area contributed by atoms with E-state index in [4.69, 9.17) is 5.11 Å². The molecule has 3 N–H and O–H groups in total. The molecule has 0 bridgehead atoms. The lowest BCUT2D eigenvalue weighted by atomic mass is 9.93. The summed E-state index contributed by atoms with van der Waals surface area (Å²) in [5, 5.41) is 22.3. The Hall–Kier alpha value is -1.13. The first-order chi connectivity index (χ1) is 6.62. The van der Waals surface area contributed by atoms with Crippen molar-refractivity contribution in [2.45, 2.75) is 12.0 Å². The van der Waals surface area contributed by atoms with Crippen LogP contribution in [0.1, 0.15) is 12.0 Å². The van der Waals surface area contributed by atoms with Crippen molar-refractivity contribution in [3.05, 3.63) is 29.6 Å². The number of halogens is 1. The first-order valence-electron chi connectivity index (χ1n) is 4.54. The molecule has 0 aromatic heterocycles. The molecule has 2 rings (SSSR count). The second-order valence-corrected chi connectivity index (χ2v) is 3.62. The molecule has 1 unspecified atom stereocenters. The number of hydrogen-bond acceptors (Lipinski definition) is 3. The molecule has 4 heteroatoms. The molecule has 1 aromatic rings. The molecule has 1 fully saturated rings. The van der Waals surface area contributed by atoms with E-state index in [1.807, 2.05) is 0 Å². The van der Waals surface area contributed by atoms with Gasteiger partial charge in [0.15, 0.2) is 11.6 Å². The Kier molecular flexibility index (Phi) is 2.17. The van der Waals surface area contributed by atoms with Gasteiger partial charge in [-0.1, -0.05) is 6.07 Å². The average Bonchev–Trinajstić information content (AvgIpc) is 2.58. The zero-order valence-corrected chi connectivity index (χ0v) is 7.63. The van der Waals surface area contributed by atoms with Crippen LogP contribution in [-0.4, -0.2) is 23.3 Å². The first-order valence-corrected chi connectivity index (χ1v) is 4.54. The van der Waals surface area contributed by atoms with Gasteiger partial charge < -0.3 is 15.5 Å². The predicted molar refractivity (Wildman–Crippen MR) is 49.4 cm³/mol. The molecule has 0 radical (unpaired) electrons. The molecule has 1 aliphatic rings. The molecule has 0 aliphatic carbocycles. The topological polar surface area (TPSA) is 52.5 Å². The van der Waals surface area contributed by atoms with Crippen LogP contribution in [0.3, 0.4) is 0 Å². The maximum absolute atomic E-state index is 12.8. The van der Waals surface area contributed by atoms with Crippen molar-refractivity contribution in [2.24, 2.45) is 0 Å². The van der Waals surface area contributed by atoms with E-state index in [1.165, 1.54) is 18.2 Å². The summed E-state index contributed by atoms with van der Waals surface area (Å²) in [7, 11) is 0. The monoisotopic (exact) mass is 197 g/mol. The summed E-state index contributed by atoms with van der Waals surface area (Å²) >= 11 is 0. The molecule has 1 heterocycles. The van der Waals surface area contributed by atoms with E-state index in [-0.39, 0.29) is 0 Å². The number of phenols is 1. The summed E-state index contributed by atoms with van der Waals surface area (Å²) in [6.45, 7) is 1.17. The third kappa shape index (κ3) is 1.47. The van der Waals surface area contributed by atoms with Gasteiger partial charge in [-0.15, -0.1) is 0 Å². The standard InChI is InChI=1S/C10H12FNO2/c11-8-2-1-7(5-9(8)13)10(14)3-4-12-6-10/h1-2,5,12-14H,3-4,6H2. The van der Waals surface area contributed by atoms with Crippen LogP contribution < -0.4 is 5.32 Å². The van der Waals surface area contributed by atoms with Gasteiger partial charge in [0, 0.05) is 6.54 Å². The Morgan fingerprint density at radius 2 is 2.21 bits per heavy atom. The summed E-state index contributed by atoms with van der Waals surface area (Å²) in [6, 6.07) is 3.95. The lowest BCUT2D eigenvalue weighted by molar-refractivity contribution is 0.0584. The van der Waals surface area contributed by atoms with Crippen LogP contribution in [0.15, 0.2) is 18.2 Å². The van der Waals surface area contributed by atoms with Crippen molar-refractivity contribution in [3.63, 3.8) is 0 Å². The van der Waals surface area contributed by atoms with Crippen LogP contribution in [0.5, 0.6) is 5.75 Å². The van der Waals surface area contributed by atoms with Crippen LogP contribution in [0.4, 0.5) is 4.39 Å². The van der Waals surface area contributed by atoms with Crippen LogP contribution in [0.2, 0.25) is 0 Å². The molecule has 1 aliphatic heterocycles. The van der Waals surface area contributed by atoms with Gasteiger partial charge in [0.05, 0.1) is 0 Å². The molecule has 1 atom stereocenters. The SMILES string of the molecule is Oc1cc(C2(O)CCNC2)ccc1F. The van der Waals surface area contributed by atoms with Gasteiger partial charge >= 0.3 is 0 Å². The Morgan fingerprint density at radius 1 is 1.43 bits per heavy atom.